The first-order chi connectivity index (χ1) is 15.2. The van der Waals surface area contributed by atoms with Gasteiger partial charge in [-0.2, -0.15) is 0 Å². The largest absolute Gasteiger partial charge is 0.476 e. The number of carbonyl (C=O) groups is 1. The van der Waals surface area contributed by atoms with Crippen LogP contribution in [0.15, 0.2) is 23.1 Å². The molecule has 3 heterocycles. The van der Waals surface area contributed by atoms with Gasteiger partial charge in [0.25, 0.3) is 5.56 Å². The number of aryl methyl sites for hydroxylation is 1. The van der Waals surface area contributed by atoms with Gasteiger partial charge in [-0.05, 0) is 43.7 Å². The van der Waals surface area contributed by atoms with Crippen molar-refractivity contribution in [2.45, 2.75) is 26.3 Å². The number of nitrogens with one attached hydrogen (secondary N) is 1. The molecular formula is C22H23ClN6O3. The van der Waals surface area contributed by atoms with Crippen LogP contribution < -0.4 is 15.8 Å². The first kappa shape index (κ1) is 20.7. The molecular weight excluding hydrogens is 432 g/mol. The zero-order valence-electron chi connectivity index (χ0n) is 18.0. The van der Waals surface area contributed by atoms with E-state index in [4.69, 9.17) is 16.6 Å². The summed E-state index contributed by atoms with van der Waals surface area (Å²) in [4.78, 5) is 39.9. The zero-order valence-corrected chi connectivity index (χ0v) is 18.7. The molecule has 2 aromatic heterocycles. The summed E-state index contributed by atoms with van der Waals surface area (Å²) >= 11 is 5.82. The number of hydrogen-bond acceptors (Lipinski definition) is 7. The smallest absolute Gasteiger partial charge is 0.358 e. The Hall–Kier alpha value is -3.20. The maximum Gasteiger partial charge on any atom is 0.358 e. The Morgan fingerprint density at radius 3 is 2.69 bits per heavy atom. The number of piperidine rings is 1. The monoisotopic (exact) mass is 454 g/mol. The lowest BCUT2D eigenvalue weighted by molar-refractivity contribution is 0.0691. The molecule has 1 aromatic carbocycles. The number of benzene rings is 1. The third kappa shape index (κ3) is 3.46. The number of aromatic carboxylic acids is 1. The van der Waals surface area contributed by atoms with Crippen LogP contribution in [0.1, 0.15) is 41.0 Å². The highest BCUT2D eigenvalue weighted by molar-refractivity contribution is 6.29. The first-order valence-electron chi connectivity index (χ1n) is 10.5. The summed E-state index contributed by atoms with van der Waals surface area (Å²) in [5.74, 6) is 0.958. The van der Waals surface area contributed by atoms with Gasteiger partial charge in [0.2, 0.25) is 5.95 Å². The van der Waals surface area contributed by atoms with Crippen LogP contribution in [0.2, 0.25) is 5.15 Å². The van der Waals surface area contributed by atoms with Crippen molar-refractivity contribution in [3.63, 3.8) is 0 Å². The molecule has 2 unspecified atom stereocenters. The van der Waals surface area contributed by atoms with Crippen molar-refractivity contribution in [2.75, 3.05) is 23.3 Å². The van der Waals surface area contributed by atoms with Crippen LogP contribution >= 0.6 is 11.6 Å². The molecule has 1 saturated heterocycles. The fraction of sp³-hybridized carbons (Fsp3) is 0.409. The van der Waals surface area contributed by atoms with Gasteiger partial charge in [0.05, 0.1) is 23.1 Å². The average Bonchev–Trinajstić information content (AvgIpc) is 3.36. The van der Waals surface area contributed by atoms with Crippen LogP contribution in [0.5, 0.6) is 0 Å². The van der Waals surface area contributed by atoms with Gasteiger partial charge >= 0.3 is 5.97 Å². The fourth-order valence-electron chi connectivity index (χ4n) is 4.62. The second-order valence-electron chi connectivity index (χ2n) is 8.75. The van der Waals surface area contributed by atoms with Crippen LogP contribution in [0.4, 0.5) is 11.8 Å². The minimum atomic E-state index is -1.23. The van der Waals surface area contributed by atoms with Crippen LogP contribution in [0.3, 0.4) is 0 Å². The summed E-state index contributed by atoms with van der Waals surface area (Å²) in [5, 5.41) is 13.1. The van der Waals surface area contributed by atoms with E-state index < -0.39 is 5.97 Å². The topological polar surface area (TPSA) is 113 Å². The van der Waals surface area contributed by atoms with E-state index in [0.717, 1.165) is 24.2 Å². The lowest BCUT2D eigenvalue weighted by Crippen LogP contribution is -2.31. The average molecular weight is 455 g/mol. The Bertz CT molecular complexity index is 1310. The molecule has 0 radical (unpaired) electrons. The Morgan fingerprint density at radius 2 is 2.00 bits per heavy atom. The zero-order chi connectivity index (χ0) is 22.7. The van der Waals surface area contributed by atoms with Gasteiger partial charge in [-0.15, -0.1) is 0 Å². The van der Waals surface area contributed by atoms with E-state index in [0.29, 0.717) is 28.7 Å². The predicted molar refractivity (Wildman–Crippen MR) is 122 cm³/mol. The Balaban J connectivity index is 1.60. The number of rotatable bonds is 5. The molecule has 2 fully saturated rings. The van der Waals surface area contributed by atoms with Crippen molar-refractivity contribution in [3.8, 4) is 0 Å². The number of carboxylic acid groups (broad SMARTS) is 1. The Labute approximate surface area is 189 Å². The number of carboxylic acids is 1. The molecule has 32 heavy (non-hydrogen) atoms. The van der Waals surface area contributed by atoms with Gasteiger partial charge in [0.1, 0.15) is 5.15 Å². The number of hydrogen-bond donors (Lipinski definition) is 2. The SMILES string of the molecule is Cc1cc([C@H](C)Nc2ncc(Cl)nc2C(=O)O)c2nc(N3CC4CC4C3)n(C)c(=O)c2c1. The number of fused-ring (bicyclic) bond motifs is 2. The van der Waals surface area contributed by atoms with Gasteiger partial charge in [-0.25, -0.2) is 19.7 Å². The number of aromatic nitrogens is 4. The normalized spacial score (nSPS) is 20.3. The minimum Gasteiger partial charge on any atom is -0.476 e. The van der Waals surface area contributed by atoms with Gasteiger partial charge in [-0.1, -0.05) is 17.7 Å². The van der Waals surface area contributed by atoms with E-state index >= 15 is 0 Å². The van der Waals surface area contributed by atoms with Crippen molar-refractivity contribution in [2.24, 2.45) is 18.9 Å². The van der Waals surface area contributed by atoms with E-state index in [-0.39, 0.29) is 28.3 Å². The van der Waals surface area contributed by atoms with Crippen LogP contribution in [0, 0.1) is 18.8 Å². The van der Waals surface area contributed by atoms with E-state index in [9.17, 15) is 14.7 Å². The lowest BCUT2D eigenvalue weighted by atomic mass is 10.0. The van der Waals surface area contributed by atoms with Crippen molar-refractivity contribution < 1.29 is 9.90 Å². The highest BCUT2D eigenvalue weighted by Gasteiger charge is 2.46. The van der Waals surface area contributed by atoms with E-state index in [1.165, 1.54) is 12.6 Å². The minimum absolute atomic E-state index is 0.0000697. The molecule has 3 atom stereocenters. The van der Waals surface area contributed by atoms with Gasteiger partial charge < -0.3 is 15.3 Å². The molecule has 0 spiro atoms. The van der Waals surface area contributed by atoms with Crippen molar-refractivity contribution in [1.82, 2.24) is 19.5 Å². The van der Waals surface area contributed by atoms with Crippen LogP contribution in [0.25, 0.3) is 10.9 Å². The molecule has 3 aromatic rings. The number of anilines is 2. The van der Waals surface area contributed by atoms with Crippen molar-refractivity contribution in [1.29, 1.82) is 0 Å². The quantitative estimate of drug-likeness (QED) is 0.604. The molecule has 166 valence electrons. The third-order valence-corrected chi connectivity index (χ3v) is 6.54. The Kier molecular flexibility index (Phi) is 4.81. The maximum absolute atomic E-state index is 13.2. The van der Waals surface area contributed by atoms with Crippen molar-refractivity contribution >= 4 is 40.2 Å². The summed E-state index contributed by atoms with van der Waals surface area (Å²) in [6.45, 7) is 5.64. The summed E-state index contributed by atoms with van der Waals surface area (Å²) in [5.41, 5.74) is 1.95. The molecule has 2 aliphatic rings. The highest BCUT2D eigenvalue weighted by Crippen LogP contribution is 2.46. The summed E-state index contributed by atoms with van der Waals surface area (Å²) in [7, 11) is 1.76. The number of nitrogens with zero attached hydrogens (tertiary/aromatic N) is 5. The number of halogens is 1. The molecule has 1 aliphatic carbocycles. The van der Waals surface area contributed by atoms with Gasteiger partial charge in [0.15, 0.2) is 11.5 Å². The molecule has 0 amide bonds. The van der Waals surface area contributed by atoms with E-state index in [2.05, 4.69) is 20.2 Å². The summed E-state index contributed by atoms with van der Waals surface area (Å²) in [6, 6.07) is 3.42. The first-order valence-corrected chi connectivity index (χ1v) is 10.9. The lowest BCUT2D eigenvalue weighted by Gasteiger charge is -2.23. The Morgan fingerprint density at radius 1 is 1.28 bits per heavy atom. The van der Waals surface area contributed by atoms with Gasteiger partial charge in [-0.3, -0.25) is 9.36 Å². The molecule has 2 N–H and O–H groups in total. The standard InChI is InChI=1S/C22H23ClN6O3/c1-10-4-14(11(2)25-19-18(21(31)32)26-16(23)7-24-19)17-15(5-10)20(30)28(3)22(27-17)29-8-12-6-13(12)9-29/h4-5,7,11-13H,6,8-9H2,1-3H3,(H,24,25)(H,31,32)/t11-,12?,13?/m0/s1. The van der Waals surface area contributed by atoms with Crippen LogP contribution in [-0.4, -0.2) is 43.7 Å². The second-order valence-corrected chi connectivity index (χ2v) is 9.14. The molecule has 9 nitrogen and oxygen atoms in total. The summed E-state index contributed by atoms with van der Waals surface area (Å²) in [6.07, 6.45) is 2.56. The molecule has 1 aliphatic heterocycles. The maximum atomic E-state index is 13.2. The second kappa shape index (κ2) is 7.44. The molecule has 10 heteroatoms. The van der Waals surface area contributed by atoms with E-state index in [1.807, 2.05) is 26.0 Å². The summed E-state index contributed by atoms with van der Waals surface area (Å²) < 4.78 is 1.63. The molecule has 0 bridgehead atoms. The molecule has 5 rings (SSSR count). The van der Waals surface area contributed by atoms with Crippen LogP contribution in [-0.2, 0) is 7.05 Å². The van der Waals surface area contributed by atoms with Crippen molar-refractivity contribution in [3.05, 3.63) is 50.7 Å². The predicted octanol–water partition coefficient (Wildman–Crippen LogP) is 3.01. The van der Waals surface area contributed by atoms with E-state index in [1.54, 1.807) is 11.6 Å². The highest BCUT2D eigenvalue weighted by atomic mass is 35.5. The van der Waals surface area contributed by atoms with Gasteiger partial charge in [0, 0.05) is 25.7 Å². The third-order valence-electron chi connectivity index (χ3n) is 6.36. The molecule has 1 saturated carbocycles. The fourth-order valence-corrected chi connectivity index (χ4v) is 4.75.